The lowest BCUT2D eigenvalue weighted by molar-refractivity contribution is -0.116. The molecule has 0 saturated carbocycles. The SMILES string of the molecule is Cc1cc2c(c(OC(C)C)c1F)C(=O)N1C[C@@H](Oc3cc4c(cn3)CCC(=O)N4)C[C@@H]1[C@@H](C)O2. The van der Waals surface area contributed by atoms with Gasteiger partial charge in [0.05, 0.1) is 24.4 Å². The third-order valence-corrected chi connectivity index (χ3v) is 6.50. The van der Waals surface area contributed by atoms with Gasteiger partial charge in [0.15, 0.2) is 11.6 Å². The summed E-state index contributed by atoms with van der Waals surface area (Å²) in [5, 5.41) is 2.85. The van der Waals surface area contributed by atoms with Crippen LogP contribution in [0.5, 0.6) is 17.4 Å². The Kier molecular flexibility index (Phi) is 5.58. The minimum Gasteiger partial charge on any atom is -0.488 e. The highest BCUT2D eigenvalue weighted by atomic mass is 19.1. The number of halogens is 1. The molecule has 1 fully saturated rings. The van der Waals surface area contributed by atoms with Crippen molar-refractivity contribution < 1.29 is 28.2 Å². The molecule has 1 saturated heterocycles. The normalized spacial score (nSPS) is 23.5. The van der Waals surface area contributed by atoms with Crippen LogP contribution in [0, 0.1) is 12.7 Å². The van der Waals surface area contributed by atoms with Gasteiger partial charge in [0.25, 0.3) is 5.91 Å². The number of nitrogens with zero attached hydrogens (tertiary/aromatic N) is 2. The molecule has 1 aromatic carbocycles. The molecule has 3 aliphatic rings. The van der Waals surface area contributed by atoms with Crippen molar-refractivity contribution in [1.29, 1.82) is 0 Å². The number of hydrogen-bond donors (Lipinski definition) is 1. The van der Waals surface area contributed by atoms with E-state index in [1.807, 2.05) is 6.92 Å². The Hall–Kier alpha value is -3.36. The van der Waals surface area contributed by atoms with Gasteiger partial charge < -0.3 is 24.4 Å². The van der Waals surface area contributed by atoms with Crippen molar-refractivity contribution in [2.45, 2.75) is 71.3 Å². The van der Waals surface area contributed by atoms with E-state index in [9.17, 15) is 9.59 Å². The standard InChI is InChI=1S/C25H28FN3O5/c1-12(2)32-24-22-19(7-13(3)23(24)26)33-14(4)18-8-16(11-29(18)25(22)31)34-21-9-17-15(10-27-21)5-6-20(30)28-17/h7,9-10,12,14,16,18H,5-6,8,11H2,1-4H3,(H,28,30)/t14-,16+,18-/m1/s1. The number of carbonyl (C=O) groups is 2. The summed E-state index contributed by atoms with van der Waals surface area (Å²) in [5.41, 5.74) is 2.15. The lowest BCUT2D eigenvalue weighted by atomic mass is 10.1. The first-order valence-electron chi connectivity index (χ1n) is 11.6. The van der Waals surface area contributed by atoms with Gasteiger partial charge in [-0.05, 0) is 51.3 Å². The van der Waals surface area contributed by atoms with E-state index in [2.05, 4.69) is 10.3 Å². The third kappa shape index (κ3) is 3.93. The van der Waals surface area contributed by atoms with Gasteiger partial charge in [-0.3, -0.25) is 9.59 Å². The van der Waals surface area contributed by atoms with Gasteiger partial charge >= 0.3 is 0 Å². The van der Waals surface area contributed by atoms with Crippen molar-refractivity contribution in [2.75, 3.05) is 11.9 Å². The summed E-state index contributed by atoms with van der Waals surface area (Å²) in [6.45, 7) is 7.41. The monoisotopic (exact) mass is 469 g/mol. The van der Waals surface area contributed by atoms with Crippen LogP contribution in [0.4, 0.5) is 10.1 Å². The number of nitrogens with one attached hydrogen (secondary N) is 1. The van der Waals surface area contributed by atoms with E-state index < -0.39 is 5.82 Å². The Morgan fingerprint density at radius 2 is 2.06 bits per heavy atom. The lowest BCUT2D eigenvalue weighted by Gasteiger charge is -2.25. The molecule has 0 bridgehead atoms. The highest BCUT2D eigenvalue weighted by Crippen LogP contribution is 2.41. The molecule has 3 atom stereocenters. The lowest BCUT2D eigenvalue weighted by Crippen LogP contribution is -2.41. The van der Waals surface area contributed by atoms with Crippen LogP contribution in [0.2, 0.25) is 0 Å². The number of amides is 2. The fourth-order valence-corrected chi connectivity index (χ4v) is 4.86. The minimum absolute atomic E-state index is 0.0315. The maximum atomic E-state index is 15.0. The van der Waals surface area contributed by atoms with Gasteiger partial charge in [-0.15, -0.1) is 0 Å². The highest BCUT2D eigenvalue weighted by Gasteiger charge is 2.45. The average molecular weight is 470 g/mol. The number of ether oxygens (including phenoxy) is 3. The summed E-state index contributed by atoms with van der Waals surface area (Å²) in [6.07, 6.45) is 2.38. The quantitative estimate of drug-likeness (QED) is 0.735. The summed E-state index contributed by atoms with van der Waals surface area (Å²) in [5.74, 6) is -0.268. The number of carbonyl (C=O) groups excluding carboxylic acids is 2. The van der Waals surface area contributed by atoms with Gasteiger partial charge in [0.2, 0.25) is 11.8 Å². The number of anilines is 1. The first-order valence-corrected chi connectivity index (χ1v) is 11.6. The van der Waals surface area contributed by atoms with E-state index in [0.717, 1.165) is 5.56 Å². The van der Waals surface area contributed by atoms with Crippen molar-refractivity contribution in [3.8, 4) is 17.4 Å². The molecule has 4 heterocycles. The summed E-state index contributed by atoms with van der Waals surface area (Å²) >= 11 is 0. The molecule has 0 unspecified atom stereocenters. The van der Waals surface area contributed by atoms with Crippen molar-refractivity contribution in [1.82, 2.24) is 9.88 Å². The molecular formula is C25H28FN3O5. The third-order valence-electron chi connectivity index (χ3n) is 6.50. The zero-order valence-corrected chi connectivity index (χ0v) is 19.7. The summed E-state index contributed by atoms with van der Waals surface area (Å²) < 4.78 is 33.0. The number of aryl methyl sites for hydroxylation is 2. The van der Waals surface area contributed by atoms with Gasteiger partial charge in [-0.25, -0.2) is 9.37 Å². The van der Waals surface area contributed by atoms with E-state index in [1.54, 1.807) is 44.0 Å². The predicted molar refractivity (Wildman–Crippen MR) is 122 cm³/mol. The number of fused-ring (bicyclic) bond motifs is 3. The molecule has 1 N–H and O–H groups in total. The number of hydrogen-bond acceptors (Lipinski definition) is 6. The van der Waals surface area contributed by atoms with Crippen LogP contribution in [0.3, 0.4) is 0 Å². The number of benzene rings is 1. The number of aromatic nitrogens is 1. The fraction of sp³-hybridized carbons (Fsp3) is 0.480. The zero-order valence-electron chi connectivity index (χ0n) is 19.7. The Morgan fingerprint density at radius 1 is 1.26 bits per heavy atom. The molecule has 180 valence electrons. The Morgan fingerprint density at radius 3 is 2.82 bits per heavy atom. The van der Waals surface area contributed by atoms with Crippen LogP contribution < -0.4 is 19.5 Å². The van der Waals surface area contributed by atoms with Crippen LogP contribution in [-0.2, 0) is 11.2 Å². The molecule has 1 aromatic heterocycles. The molecule has 8 nitrogen and oxygen atoms in total. The molecular weight excluding hydrogens is 441 g/mol. The molecule has 3 aliphatic heterocycles. The maximum Gasteiger partial charge on any atom is 0.262 e. The van der Waals surface area contributed by atoms with Crippen LogP contribution >= 0.6 is 0 Å². The molecule has 9 heteroatoms. The second-order valence-electron chi connectivity index (χ2n) is 9.43. The van der Waals surface area contributed by atoms with Crippen LogP contribution in [-0.4, -0.2) is 52.6 Å². The molecule has 0 aliphatic carbocycles. The molecule has 34 heavy (non-hydrogen) atoms. The van der Waals surface area contributed by atoms with Crippen molar-refractivity contribution in [3.63, 3.8) is 0 Å². The molecule has 0 radical (unpaired) electrons. The van der Waals surface area contributed by atoms with E-state index in [0.29, 0.717) is 48.7 Å². The molecule has 5 rings (SSSR count). The van der Waals surface area contributed by atoms with Crippen molar-refractivity contribution >= 4 is 17.5 Å². The summed E-state index contributed by atoms with van der Waals surface area (Å²) in [7, 11) is 0. The van der Waals surface area contributed by atoms with Crippen LogP contribution in [0.1, 0.15) is 55.1 Å². The van der Waals surface area contributed by atoms with Gasteiger partial charge in [-0.2, -0.15) is 0 Å². The smallest absolute Gasteiger partial charge is 0.262 e. The minimum atomic E-state index is -0.553. The van der Waals surface area contributed by atoms with Gasteiger partial charge in [-0.1, -0.05) is 0 Å². The number of rotatable bonds is 4. The van der Waals surface area contributed by atoms with Crippen molar-refractivity contribution in [3.05, 3.63) is 40.8 Å². The van der Waals surface area contributed by atoms with E-state index >= 15 is 4.39 Å². The maximum absolute atomic E-state index is 15.0. The second-order valence-corrected chi connectivity index (χ2v) is 9.43. The van der Waals surface area contributed by atoms with E-state index in [4.69, 9.17) is 14.2 Å². The highest BCUT2D eigenvalue weighted by molar-refractivity contribution is 6.01. The van der Waals surface area contributed by atoms with Gasteiger partial charge in [0, 0.05) is 25.1 Å². The average Bonchev–Trinajstić information content (AvgIpc) is 3.16. The van der Waals surface area contributed by atoms with E-state index in [-0.39, 0.29) is 47.5 Å². The molecule has 2 amide bonds. The summed E-state index contributed by atoms with van der Waals surface area (Å²) in [6, 6.07) is 3.03. The van der Waals surface area contributed by atoms with Crippen LogP contribution in [0.15, 0.2) is 18.3 Å². The fourth-order valence-electron chi connectivity index (χ4n) is 4.86. The summed E-state index contributed by atoms with van der Waals surface area (Å²) in [4.78, 5) is 31.4. The second kappa shape index (κ2) is 8.45. The Bertz CT molecular complexity index is 1170. The Labute approximate surface area is 197 Å². The predicted octanol–water partition coefficient (Wildman–Crippen LogP) is 3.64. The molecule has 0 spiro atoms. The van der Waals surface area contributed by atoms with Crippen LogP contribution in [0.25, 0.3) is 0 Å². The van der Waals surface area contributed by atoms with Crippen molar-refractivity contribution in [2.24, 2.45) is 0 Å². The first kappa shape index (κ1) is 22.4. The Balaban J connectivity index is 1.42. The molecule has 2 aromatic rings. The van der Waals surface area contributed by atoms with Gasteiger partial charge in [0.1, 0.15) is 23.5 Å². The van der Waals surface area contributed by atoms with E-state index in [1.165, 1.54) is 0 Å². The first-order chi connectivity index (χ1) is 16.2. The zero-order chi connectivity index (χ0) is 24.1. The topological polar surface area (TPSA) is 90.0 Å². The number of pyridine rings is 1. The largest absolute Gasteiger partial charge is 0.488 e.